The Morgan fingerprint density at radius 1 is 0.750 bits per heavy atom. The summed E-state index contributed by atoms with van der Waals surface area (Å²) in [4.78, 5) is 26.7. The van der Waals surface area contributed by atoms with Crippen LogP contribution >= 0.6 is 23.2 Å². The summed E-state index contributed by atoms with van der Waals surface area (Å²) in [6, 6.07) is 7.59. The van der Waals surface area contributed by atoms with Crippen LogP contribution in [0.3, 0.4) is 0 Å². The molecular weight excluding hydrogens is 361 g/mol. The first-order valence-corrected chi connectivity index (χ1v) is 7.63. The van der Waals surface area contributed by atoms with Crippen molar-refractivity contribution in [3.63, 3.8) is 0 Å². The Balaban J connectivity index is 1.89. The Morgan fingerprint density at radius 2 is 1.12 bits per heavy atom. The van der Waals surface area contributed by atoms with Gasteiger partial charge in [-0.2, -0.15) is 0 Å². The monoisotopic (exact) mass is 370 g/mol. The van der Waals surface area contributed by atoms with Crippen LogP contribution < -0.4 is 9.80 Å². The number of amides is 2. The zero-order chi connectivity index (χ0) is 17.4. The van der Waals surface area contributed by atoms with Gasteiger partial charge in [0.25, 0.3) is 0 Å². The van der Waals surface area contributed by atoms with Gasteiger partial charge in [0.05, 0.1) is 11.4 Å². The largest absolute Gasteiger partial charge is 0.299 e. The van der Waals surface area contributed by atoms with Crippen molar-refractivity contribution in [2.24, 2.45) is 0 Å². The lowest BCUT2D eigenvalue weighted by atomic mass is 10.2. The smallest absolute Gasteiger partial charge is 0.247 e. The first-order valence-electron chi connectivity index (χ1n) is 6.87. The maximum Gasteiger partial charge on any atom is 0.247 e. The van der Waals surface area contributed by atoms with E-state index < -0.39 is 36.5 Å². The second kappa shape index (κ2) is 6.37. The molecule has 0 bridgehead atoms. The fourth-order valence-corrected chi connectivity index (χ4v) is 2.77. The molecule has 1 saturated heterocycles. The van der Waals surface area contributed by atoms with Crippen molar-refractivity contribution >= 4 is 46.4 Å². The number of hydrogen-bond acceptors (Lipinski definition) is 2. The molecule has 1 aliphatic heterocycles. The average molecular weight is 371 g/mol. The number of carbonyl (C=O) groups is 2. The van der Waals surface area contributed by atoms with Crippen molar-refractivity contribution < 1.29 is 18.4 Å². The highest BCUT2D eigenvalue weighted by atomic mass is 35.5. The topological polar surface area (TPSA) is 40.6 Å². The predicted molar refractivity (Wildman–Crippen MR) is 87.5 cm³/mol. The predicted octanol–water partition coefficient (Wildman–Crippen LogP) is 3.65. The highest BCUT2D eigenvalue weighted by Gasteiger charge is 2.34. The fraction of sp³-hybridized carbons (Fsp3) is 0.125. The summed E-state index contributed by atoms with van der Waals surface area (Å²) in [6.45, 7) is -0.807. The van der Waals surface area contributed by atoms with Gasteiger partial charge < -0.3 is 0 Å². The van der Waals surface area contributed by atoms with Crippen LogP contribution in [0.1, 0.15) is 0 Å². The zero-order valence-corrected chi connectivity index (χ0v) is 13.6. The van der Waals surface area contributed by atoms with E-state index in [4.69, 9.17) is 23.2 Å². The first kappa shape index (κ1) is 16.7. The molecular formula is C16H10Cl2F2N2O2. The highest BCUT2D eigenvalue weighted by Crippen LogP contribution is 2.28. The number of benzene rings is 2. The van der Waals surface area contributed by atoms with Crippen molar-refractivity contribution in [2.75, 3.05) is 22.9 Å². The van der Waals surface area contributed by atoms with Crippen LogP contribution in [0.15, 0.2) is 36.4 Å². The third-order valence-corrected chi connectivity index (χ3v) is 4.06. The summed E-state index contributed by atoms with van der Waals surface area (Å²) in [7, 11) is 0. The molecule has 0 aliphatic carbocycles. The number of carbonyl (C=O) groups excluding carboxylic acids is 2. The minimum absolute atomic E-state index is 0.0472. The number of rotatable bonds is 2. The Morgan fingerprint density at radius 3 is 1.46 bits per heavy atom. The van der Waals surface area contributed by atoms with E-state index in [1.54, 1.807) is 0 Å². The quantitative estimate of drug-likeness (QED) is 0.809. The van der Waals surface area contributed by atoms with E-state index in [0.29, 0.717) is 0 Å². The molecule has 1 aliphatic rings. The summed E-state index contributed by atoms with van der Waals surface area (Å²) in [6.07, 6.45) is 0. The fourth-order valence-electron chi connectivity index (χ4n) is 2.46. The maximum atomic E-state index is 14.0. The van der Waals surface area contributed by atoms with Crippen molar-refractivity contribution in [3.05, 3.63) is 58.1 Å². The second-order valence-corrected chi connectivity index (χ2v) is 6.02. The van der Waals surface area contributed by atoms with Gasteiger partial charge >= 0.3 is 0 Å². The molecule has 24 heavy (non-hydrogen) atoms. The van der Waals surface area contributed by atoms with Crippen LogP contribution in [-0.2, 0) is 9.59 Å². The van der Waals surface area contributed by atoms with Gasteiger partial charge in [0.1, 0.15) is 24.7 Å². The van der Waals surface area contributed by atoms with E-state index in [1.807, 2.05) is 0 Å². The van der Waals surface area contributed by atoms with Crippen molar-refractivity contribution in [3.8, 4) is 0 Å². The molecule has 1 heterocycles. The minimum atomic E-state index is -0.713. The van der Waals surface area contributed by atoms with E-state index >= 15 is 0 Å². The Bertz CT molecular complexity index is 775. The number of nitrogens with zero attached hydrogens (tertiary/aromatic N) is 2. The van der Waals surface area contributed by atoms with Gasteiger partial charge in [-0.1, -0.05) is 23.2 Å². The van der Waals surface area contributed by atoms with Crippen LogP contribution in [-0.4, -0.2) is 24.9 Å². The Kier molecular flexibility index (Phi) is 4.43. The van der Waals surface area contributed by atoms with Gasteiger partial charge in [0.15, 0.2) is 0 Å². The zero-order valence-electron chi connectivity index (χ0n) is 12.1. The van der Waals surface area contributed by atoms with Crippen LogP contribution in [0.5, 0.6) is 0 Å². The lowest BCUT2D eigenvalue weighted by Crippen LogP contribution is -2.54. The summed E-state index contributed by atoms with van der Waals surface area (Å²) in [5.41, 5.74) is -0.0945. The summed E-state index contributed by atoms with van der Waals surface area (Å²) in [5.74, 6) is -2.50. The van der Waals surface area contributed by atoms with Crippen molar-refractivity contribution in [1.29, 1.82) is 0 Å². The van der Waals surface area contributed by atoms with E-state index in [9.17, 15) is 18.4 Å². The SMILES string of the molecule is O=C1CN(c2ccc(Cl)cc2F)C(=O)CN1c1ccc(Cl)cc1F. The van der Waals surface area contributed by atoms with Gasteiger partial charge in [-0.3, -0.25) is 19.4 Å². The molecule has 0 saturated carbocycles. The molecule has 2 aromatic carbocycles. The third kappa shape index (κ3) is 3.07. The molecule has 1 fully saturated rings. The van der Waals surface area contributed by atoms with Gasteiger partial charge in [-0.05, 0) is 36.4 Å². The number of halogens is 4. The van der Waals surface area contributed by atoms with E-state index in [-0.39, 0.29) is 21.4 Å². The van der Waals surface area contributed by atoms with Crippen LogP contribution in [0.4, 0.5) is 20.2 Å². The molecule has 3 rings (SSSR count). The average Bonchev–Trinajstić information content (AvgIpc) is 2.50. The molecule has 0 spiro atoms. The molecule has 8 heteroatoms. The minimum Gasteiger partial charge on any atom is -0.299 e. The van der Waals surface area contributed by atoms with Crippen molar-refractivity contribution in [1.82, 2.24) is 0 Å². The van der Waals surface area contributed by atoms with E-state index in [2.05, 4.69) is 0 Å². The molecule has 0 atom stereocenters. The van der Waals surface area contributed by atoms with Gasteiger partial charge in [-0.25, -0.2) is 8.78 Å². The molecule has 0 unspecified atom stereocenters. The van der Waals surface area contributed by atoms with Crippen LogP contribution in [0.2, 0.25) is 10.0 Å². The number of anilines is 2. The second-order valence-electron chi connectivity index (χ2n) is 5.15. The summed E-state index contributed by atoms with van der Waals surface area (Å²) < 4.78 is 28.0. The Hall–Kier alpha value is -2.18. The molecule has 4 nitrogen and oxygen atoms in total. The maximum absolute atomic E-state index is 14.0. The third-order valence-electron chi connectivity index (χ3n) is 3.59. The van der Waals surface area contributed by atoms with Gasteiger partial charge in [0, 0.05) is 10.0 Å². The molecule has 124 valence electrons. The molecule has 2 aromatic rings. The van der Waals surface area contributed by atoms with Crippen LogP contribution in [0.25, 0.3) is 0 Å². The number of hydrogen-bond donors (Lipinski definition) is 0. The molecule has 2 amide bonds. The normalized spacial score (nSPS) is 15.2. The number of piperazine rings is 1. The first-order chi connectivity index (χ1) is 11.4. The van der Waals surface area contributed by atoms with E-state index in [1.165, 1.54) is 24.3 Å². The van der Waals surface area contributed by atoms with Gasteiger partial charge in [0.2, 0.25) is 11.8 Å². The van der Waals surface area contributed by atoms with Gasteiger partial charge in [-0.15, -0.1) is 0 Å². The molecule has 0 N–H and O–H groups in total. The highest BCUT2D eigenvalue weighted by molar-refractivity contribution is 6.31. The summed E-state index contributed by atoms with van der Waals surface area (Å²) >= 11 is 11.4. The van der Waals surface area contributed by atoms with Crippen molar-refractivity contribution in [2.45, 2.75) is 0 Å². The molecule has 0 aromatic heterocycles. The summed E-state index contributed by atoms with van der Waals surface area (Å²) in [5, 5.41) is 0.355. The lowest BCUT2D eigenvalue weighted by Gasteiger charge is -2.34. The standard InChI is InChI=1S/C16H10Cl2F2N2O2/c17-9-1-3-13(11(19)5-9)21-7-16(24)22(8-15(21)23)14-4-2-10(18)6-12(14)20/h1-6H,7-8H2. The molecule has 0 radical (unpaired) electrons. The van der Waals surface area contributed by atoms with E-state index in [0.717, 1.165) is 21.9 Å². The van der Waals surface area contributed by atoms with Crippen LogP contribution in [0, 0.1) is 11.6 Å². The Labute approximate surface area is 146 Å². The lowest BCUT2D eigenvalue weighted by molar-refractivity contribution is -0.125.